The van der Waals surface area contributed by atoms with Crippen LogP contribution in [0, 0.1) is 11.8 Å². The molecule has 0 aromatic rings. The number of urea groups is 1. The number of hydrogen-bond donors (Lipinski definition) is 2. The van der Waals surface area contributed by atoms with Crippen LogP contribution in [0.3, 0.4) is 0 Å². The van der Waals surface area contributed by atoms with Crippen LogP contribution < -0.4 is 10.6 Å². The maximum atomic E-state index is 12.4. The number of carbonyl (C=O) groups excluding carboxylic acids is 5. The summed E-state index contributed by atoms with van der Waals surface area (Å²) in [6.45, 7) is -1.31. The van der Waals surface area contributed by atoms with Gasteiger partial charge in [-0.1, -0.05) is 12.8 Å². The number of halogens is 3. The van der Waals surface area contributed by atoms with Crippen molar-refractivity contribution < 1.29 is 41.9 Å². The first kappa shape index (κ1) is 21.6. The highest BCUT2D eigenvalue weighted by atomic mass is 19.4. The average Bonchev–Trinajstić information content (AvgIpc) is 2.88. The lowest BCUT2D eigenvalue weighted by atomic mass is 9.81. The van der Waals surface area contributed by atoms with Gasteiger partial charge in [-0.05, 0) is 19.8 Å². The first-order valence-electron chi connectivity index (χ1n) is 8.69. The van der Waals surface area contributed by atoms with E-state index in [1.165, 1.54) is 12.2 Å². The fourth-order valence-corrected chi connectivity index (χ4v) is 3.32. The first-order chi connectivity index (χ1) is 13.0. The molecule has 1 aliphatic carbocycles. The summed E-state index contributed by atoms with van der Waals surface area (Å²) >= 11 is 0. The van der Waals surface area contributed by atoms with Crippen LogP contribution in [0.4, 0.5) is 18.0 Å². The van der Waals surface area contributed by atoms with Gasteiger partial charge in [-0.2, -0.15) is 13.2 Å². The minimum atomic E-state index is -4.64. The van der Waals surface area contributed by atoms with Gasteiger partial charge in [-0.15, -0.1) is 0 Å². The Morgan fingerprint density at radius 3 is 2.18 bits per heavy atom. The number of likely N-dealkylation sites (tertiary alicyclic amines) is 1. The molecule has 2 fully saturated rings. The molecule has 1 aliphatic heterocycles. The predicted octanol–water partition coefficient (Wildman–Crippen LogP) is 0.481. The second-order valence-corrected chi connectivity index (χ2v) is 6.67. The van der Waals surface area contributed by atoms with Crippen LogP contribution in [0.2, 0.25) is 0 Å². The van der Waals surface area contributed by atoms with Crippen LogP contribution in [0.5, 0.6) is 0 Å². The lowest BCUT2D eigenvalue weighted by Crippen LogP contribution is -2.47. The summed E-state index contributed by atoms with van der Waals surface area (Å²) in [6.07, 6.45) is -1.85. The standard InChI is InChI=1S/C16H20F3N3O6/c1-8(22-12(24)9-4-2-3-5-10(9)13(22)25)14(26)28-6-11(23)21-15(27)20-7-16(17,18)19/h8-10H,2-7H2,1H3,(H2,20,21,23,27)/t8-,9-,10+/m0/s1. The molecular weight excluding hydrogens is 387 g/mol. The van der Waals surface area contributed by atoms with Crippen molar-refractivity contribution in [1.82, 2.24) is 15.5 Å². The number of nitrogens with one attached hydrogen (secondary N) is 2. The Bertz CT molecular complexity index is 657. The fourth-order valence-electron chi connectivity index (χ4n) is 3.32. The molecule has 1 saturated heterocycles. The summed E-state index contributed by atoms with van der Waals surface area (Å²) in [5, 5.41) is 2.98. The summed E-state index contributed by atoms with van der Waals surface area (Å²) in [5.41, 5.74) is 0. The Hall–Kier alpha value is -2.66. The smallest absolute Gasteiger partial charge is 0.405 e. The highest BCUT2D eigenvalue weighted by Gasteiger charge is 2.51. The first-order valence-corrected chi connectivity index (χ1v) is 8.69. The van der Waals surface area contributed by atoms with Gasteiger partial charge >= 0.3 is 18.2 Å². The summed E-state index contributed by atoms with van der Waals surface area (Å²) in [5.74, 6) is -3.99. The van der Waals surface area contributed by atoms with E-state index in [-0.39, 0.29) is 0 Å². The van der Waals surface area contributed by atoms with Gasteiger partial charge in [0.15, 0.2) is 6.61 Å². The number of alkyl halides is 3. The molecule has 3 atom stereocenters. The van der Waals surface area contributed by atoms with Crippen LogP contribution in [-0.4, -0.2) is 60.0 Å². The van der Waals surface area contributed by atoms with Crippen molar-refractivity contribution in [3.05, 3.63) is 0 Å². The highest BCUT2D eigenvalue weighted by Crippen LogP contribution is 2.38. The van der Waals surface area contributed by atoms with Gasteiger partial charge in [-0.3, -0.25) is 24.6 Å². The molecule has 156 valence electrons. The van der Waals surface area contributed by atoms with Crippen LogP contribution in [0.25, 0.3) is 0 Å². The molecule has 1 saturated carbocycles. The fraction of sp³-hybridized carbons (Fsp3) is 0.688. The van der Waals surface area contributed by atoms with Crippen LogP contribution in [0.1, 0.15) is 32.6 Å². The molecule has 5 amide bonds. The van der Waals surface area contributed by atoms with E-state index in [1.807, 2.05) is 0 Å². The van der Waals surface area contributed by atoms with Crippen molar-refractivity contribution in [2.45, 2.75) is 44.8 Å². The van der Waals surface area contributed by atoms with E-state index in [1.54, 1.807) is 5.32 Å². The zero-order valence-electron chi connectivity index (χ0n) is 15.0. The number of nitrogens with zero attached hydrogens (tertiary/aromatic N) is 1. The largest absolute Gasteiger partial charge is 0.454 e. The zero-order chi connectivity index (χ0) is 21.1. The molecule has 0 bridgehead atoms. The molecule has 0 aromatic heterocycles. The number of esters is 1. The molecule has 0 radical (unpaired) electrons. The van der Waals surface area contributed by atoms with E-state index < -0.39 is 66.9 Å². The Morgan fingerprint density at radius 1 is 1.14 bits per heavy atom. The maximum Gasteiger partial charge on any atom is 0.405 e. The molecule has 0 aromatic carbocycles. The van der Waals surface area contributed by atoms with Gasteiger partial charge in [0, 0.05) is 0 Å². The lowest BCUT2D eigenvalue weighted by Gasteiger charge is -2.21. The van der Waals surface area contributed by atoms with E-state index in [4.69, 9.17) is 0 Å². The monoisotopic (exact) mass is 407 g/mol. The number of hydrogen-bond acceptors (Lipinski definition) is 6. The summed E-state index contributed by atoms with van der Waals surface area (Å²) < 4.78 is 40.6. The Labute approximate surface area is 157 Å². The molecule has 0 spiro atoms. The predicted molar refractivity (Wildman–Crippen MR) is 85.3 cm³/mol. The molecule has 2 rings (SSSR count). The molecule has 2 N–H and O–H groups in total. The zero-order valence-corrected chi connectivity index (χ0v) is 15.0. The van der Waals surface area contributed by atoms with Crippen molar-refractivity contribution in [3.8, 4) is 0 Å². The molecular formula is C16H20F3N3O6. The number of fused-ring (bicyclic) bond motifs is 1. The Balaban J connectivity index is 1.82. The van der Waals surface area contributed by atoms with Gasteiger partial charge in [-0.25, -0.2) is 9.59 Å². The second-order valence-electron chi connectivity index (χ2n) is 6.67. The summed E-state index contributed by atoms with van der Waals surface area (Å²) in [4.78, 5) is 60.4. The molecule has 0 unspecified atom stereocenters. The van der Waals surface area contributed by atoms with Crippen molar-refractivity contribution in [3.63, 3.8) is 0 Å². The number of ether oxygens (including phenoxy) is 1. The van der Waals surface area contributed by atoms with E-state index in [9.17, 15) is 37.1 Å². The van der Waals surface area contributed by atoms with Gasteiger partial charge < -0.3 is 10.1 Å². The number of rotatable bonds is 5. The van der Waals surface area contributed by atoms with E-state index in [2.05, 4.69) is 4.74 Å². The Kier molecular flexibility index (Phi) is 6.62. The average molecular weight is 407 g/mol. The highest BCUT2D eigenvalue weighted by molar-refractivity contribution is 6.08. The third-order valence-corrected chi connectivity index (χ3v) is 4.65. The minimum absolute atomic E-state index is 0.447. The van der Waals surface area contributed by atoms with Crippen LogP contribution in [-0.2, 0) is 23.9 Å². The topological polar surface area (TPSA) is 122 Å². The quantitative estimate of drug-likeness (QED) is 0.505. The molecule has 9 nitrogen and oxygen atoms in total. The van der Waals surface area contributed by atoms with Gasteiger partial charge in [0.2, 0.25) is 11.8 Å². The maximum absolute atomic E-state index is 12.4. The lowest BCUT2D eigenvalue weighted by molar-refractivity contribution is -0.159. The van der Waals surface area contributed by atoms with Crippen molar-refractivity contribution in [1.29, 1.82) is 0 Å². The summed E-state index contributed by atoms with van der Waals surface area (Å²) in [6, 6.07) is -2.65. The van der Waals surface area contributed by atoms with Crippen molar-refractivity contribution >= 4 is 29.7 Å². The van der Waals surface area contributed by atoms with Crippen LogP contribution >= 0.6 is 0 Å². The minimum Gasteiger partial charge on any atom is -0.454 e. The number of amides is 5. The molecule has 28 heavy (non-hydrogen) atoms. The van der Waals surface area contributed by atoms with Crippen molar-refractivity contribution in [2.24, 2.45) is 11.8 Å². The van der Waals surface area contributed by atoms with E-state index in [0.717, 1.165) is 17.7 Å². The third-order valence-electron chi connectivity index (χ3n) is 4.65. The normalized spacial score (nSPS) is 23.1. The van der Waals surface area contributed by atoms with Gasteiger partial charge in [0.05, 0.1) is 11.8 Å². The number of imide groups is 2. The van der Waals surface area contributed by atoms with Crippen LogP contribution in [0.15, 0.2) is 0 Å². The second kappa shape index (κ2) is 8.57. The van der Waals surface area contributed by atoms with Crippen molar-refractivity contribution in [2.75, 3.05) is 13.2 Å². The summed E-state index contributed by atoms with van der Waals surface area (Å²) in [7, 11) is 0. The molecule has 2 aliphatic rings. The molecule has 12 heteroatoms. The van der Waals surface area contributed by atoms with E-state index in [0.29, 0.717) is 12.8 Å². The number of carbonyl (C=O) groups is 5. The Morgan fingerprint density at radius 2 is 1.68 bits per heavy atom. The van der Waals surface area contributed by atoms with Gasteiger partial charge in [0.25, 0.3) is 5.91 Å². The van der Waals surface area contributed by atoms with Gasteiger partial charge in [0.1, 0.15) is 12.6 Å². The third kappa shape index (κ3) is 5.20. The van der Waals surface area contributed by atoms with E-state index >= 15 is 0 Å². The SMILES string of the molecule is C[C@@H](C(=O)OCC(=O)NC(=O)NCC(F)(F)F)N1C(=O)[C@H]2CCCC[C@H]2C1=O. The molecule has 1 heterocycles.